The normalized spacial score (nSPS) is 17.3. The van der Waals surface area contributed by atoms with Gasteiger partial charge in [-0.3, -0.25) is 0 Å². The molecule has 23 heavy (non-hydrogen) atoms. The van der Waals surface area contributed by atoms with Crippen LogP contribution in [0.15, 0.2) is 48.5 Å². The number of nitrogens with one attached hydrogen (secondary N) is 1. The zero-order chi connectivity index (χ0) is 15.5. The number of hydrogen-bond donors (Lipinski definition) is 1. The van der Waals surface area contributed by atoms with Gasteiger partial charge in [-0.25, -0.2) is 0 Å². The fourth-order valence-corrected chi connectivity index (χ4v) is 3.78. The molecule has 0 radical (unpaired) electrons. The van der Waals surface area contributed by atoms with E-state index in [1.807, 2.05) is 0 Å². The molecule has 0 saturated carbocycles. The third kappa shape index (κ3) is 3.06. The van der Waals surface area contributed by atoms with Crippen molar-refractivity contribution in [3.8, 4) is 0 Å². The number of anilines is 4. The standard InChI is InChI=1S/C20H25N3/c1-6-13-22(14-7-1)15-8-16-23-19-11-4-2-9-17(19)21-18-10-3-5-12-20(18)23/h2-5,9-12,21H,1,6-8,13-16H2. The molecule has 2 aromatic rings. The van der Waals surface area contributed by atoms with Gasteiger partial charge in [0.1, 0.15) is 0 Å². The summed E-state index contributed by atoms with van der Waals surface area (Å²) in [5.74, 6) is 0. The van der Waals surface area contributed by atoms with Crippen molar-refractivity contribution in [1.29, 1.82) is 0 Å². The van der Waals surface area contributed by atoms with Gasteiger partial charge in [-0.2, -0.15) is 0 Å². The second-order valence-corrected chi connectivity index (χ2v) is 6.57. The average Bonchev–Trinajstić information content (AvgIpc) is 2.62. The first-order valence-corrected chi connectivity index (χ1v) is 8.87. The van der Waals surface area contributed by atoms with Gasteiger partial charge in [-0.15, -0.1) is 0 Å². The molecule has 3 nitrogen and oxygen atoms in total. The number of hydrogen-bond acceptors (Lipinski definition) is 3. The Balaban J connectivity index is 1.50. The molecule has 2 aliphatic heterocycles. The molecule has 0 aromatic heterocycles. The minimum atomic E-state index is 1.08. The van der Waals surface area contributed by atoms with Crippen molar-refractivity contribution in [2.75, 3.05) is 36.4 Å². The molecule has 0 amide bonds. The van der Waals surface area contributed by atoms with Crippen molar-refractivity contribution in [3.63, 3.8) is 0 Å². The Labute approximate surface area is 138 Å². The molecule has 4 rings (SSSR count). The van der Waals surface area contributed by atoms with Gasteiger partial charge in [-0.1, -0.05) is 30.7 Å². The first kappa shape index (κ1) is 14.6. The average molecular weight is 307 g/mol. The van der Waals surface area contributed by atoms with Gasteiger partial charge in [0.25, 0.3) is 0 Å². The first-order chi connectivity index (χ1) is 11.4. The fourth-order valence-electron chi connectivity index (χ4n) is 3.78. The lowest BCUT2D eigenvalue weighted by molar-refractivity contribution is 0.227. The summed E-state index contributed by atoms with van der Waals surface area (Å²) in [7, 11) is 0. The Kier molecular flexibility index (Phi) is 4.20. The van der Waals surface area contributed by atoms with Crippen LogP contribution in [0, 0.1) is 0 Å². The summed E-state index contributed by atoms with van der Waals surface area (Å²) in [6, 6.07) is 17.2. The fraction of sp³-hybridized carbons (Fsp3) is 0.400. The number of piperidine rings is 1. The van der Waals surface area contributed by atoms with Crippen LogP contribution in [0.1, 0.15) is 25.7 Å². The highest BCUT2D eigenvalue weighted by Crippen LogP contribution is 2.43. The van der Waals surface area contributed by atoms with Gasteiger partial charge in [-0.05, 0) is 63.2 Å². The van der Waals surface area contributed by atoms with Gasteiger partial charge < -0.3 is 15.1 Å². The van der Waals surface area contributed by atoms with E-state index in [1.54, 1.807) is 0 Å². The van der Waals surface area contributed by atoms with Crippen molar-refractivity contribution in [1.82, 2.24) is 4.90 Å². The maximum atomic E-state index is 3.56. The van der Waals surface area contributed by atoms with Crippen molar-refractivity contribution in [2.45, 2.75) is 25.7 Å². The Morgan fingerprint density at radius 2 is 1.35 bits per heavy atom. The first-order valence-electron chi connectivity index (χ1n) is 8.87. The molecule has 1 N–H and O–H groups in total. The SMILES string of the molecule is c1ccc2c(c1)Nc1ccccc1N2CCCN1CCCCC1. The summed E-state index contributed by atoms with van der Waals surface area (Å²) < 4.78 is 0. The van der Waals surface area contributed by atoms with Crippen LogP contribution in [-0.2, 0) is 0 Å². The second kappa shape index (κ2) is 6.63. The zero-order valence-corrected chi connectivity index (χ0v) is 13.7. The molecule has 2 aromatic carbocycles. The number of fused-ring (bicyclic) bond motifs is 2. The minimum absolute atomic E-state index is 1.08. The molecular weight excluding hydrogens is 282 g/mol. The summed E-state index contributed by atoms with van der Waals surface area (Å²) >= 11 is 0. The number of nitrogens with zero attached hydrogens (tertiary/aromatic N) is 2. The Morgan fingerprint density at radius 1 is 0.739 bits per heavy atom. The van der Waals surface area contributed by atoms with Crippen molar-refractivity contribution in [3.05, 3.63) is 48.5 Å². The Hall–Kier alpha value is -2.00. The highest BCUT2D eigenvalue weighted by atomic mass is 15.2. The molecular formula is C20H25N3. The Morgan fingerprint density at radius 3 is 2.00 bits per heavy atom. The third-order valence-corrected chi connectivity index (χ3v) is 4.96. The van der Waals surface area contributed by atoms with Crippen LogP contribution >= 0.6 is 0 Å². The largest absolute Gasteiger partial charge is 0.352 e. The van der Waals surface area contributed by atoms with Gasteiger partial charge in [0, 0.05) is 6.54 Å². The van der Waals surface area contributed by atoms with Gasteiger partial charge >= 0.3 is 0 Å². The molecule has 2 aliphatic rings. The van der Waals surface area contributed by atoms with Crippen LogP contribution in [-0.4, -0.2) is 31.1 Å². The van der Waals surface area contributed by atoms with E-state index >= 15 is 0 Å². The summed E-state index contributed by atoms with van der Waals surface area (Å²) in [4.78, 5) is 5.11. The number of rotatable bonds is 4. The molecule has 1 fully saturated rings. The van der Waals surface area contributed by atoms with E-state index in [-0.39, 0.29) is 0 Å². The van der Waals surface area contributed by atoms with Crippen LogP contribution in [0.3, 0.4) is 0 Å². The number of para-hydroxylation sites is 4. The lowest BCUT2D eigenvalue weighted by Gasteiger charge is -2.34. The molecule has 2 heterocycles. The maximum absolute atomic E-state index is 3.56. The van der Waals surface area contributed by atoms with E-state index in [2.05, 4.69) is 63.6 Å². The van der Waals surface area contributed by atoms with Gasteiger partial charge in [0.2, 0.25) is 0 Å². The molecule has 120 valence electrons. The van der Waals surface area contributed by atoms with E-state index in [9.17, 15) is 0 Å². The van der Waals surface area contributed by atoms with E-state index in [1.165, 1.54) is 68.1 Å². The van der Waals surface area contributed by atoms with Gasteiger partial charge in [0.05, 0.1) is 22.7 Å². The predicted octanol–water partition coefficient (Wildman–Crippen LogP) is 4.76. The molecule has 0 spiro atoms. The molecule has 0 bridgehead atoms. The summed E-state index contributed by atoms with van der Waals surface area (Å²) in [6.07, 6.45) is 5.37. The van der Waals surface area contributed by atoms with Crippen LogP contribution in [0.5, 0.6) is 0 Å². The van der Waals surface area contributed by atoms with E-state index in [0.29, 0.717) is 0 Å². The quantitative estimate of drug-likeness (QED) is 0.878. The number of likely N-dealkylation sites (tertiary alicyclic amines) is 1. The lowest BCUT2D eigenvalue weighted by Crippen LogP contribution is -2.33. The molecule has 1 saturated heterocycles. The van der Waals surface area contributed by atoms with Crippen LogP contribution in [0.2, 0.25) is 0 Å². The van der Waals surface area contributed by atoms with E-state index in [0.717, 1.165) is 6.54 Å². The highest BCUT2D eigenvalue weighted by Gasteiger charge is 2.21. The topological polar surface area (TPSA) is 18.5 Å². The smallest absolute Gasteiger partial charge is 0.0650 e. The van der Waals surface area contributed by atoms with Crippen molar-refractivity contribution in [2.24, 2.45) is 0 Å². The Bertz CT molecular complexity index is 616. The lowest BCUT2D eigenvalue weighted by atomic mass is 10.1. The summed E-state index contributed by atoms with van der Waals surface area (Å²) in [5, 5.41) is 3.56. The highest BCUT2D eigenvalue weighted by molar-refractivity contribution is 5.91. The summed E-state index contributed by atoms with van der Waals surface area (Å²) in [5.41, 5.74) is 5.02. The van der Waals surface area contributed by atoms with Crippen molar-refractivity contribution >= 4 is 22.7 Å². The number of benzene rings is 2. The van der Waals surface area contributed by atoms with Gasteiger partial charge in [0.15, 0.2) is 0 Å². The third-order valence-electron chi connectivity index (χ3n) is 4.96. The molecule has 0 unspecified atom stereocenters. The molecule has 3 heteroatoms. The van der Waals surface area contributed by atoms with Crippen LogP contribution < -0.4 is 10.2 Å². The molecule has 0 atom stereocenters. The predicted molar refractivity (Wildman–Crippen MR) is 98.1 cm³/mol. The van der Waals surface area contributed by atoms with Crippen LogP contribution in [0.25, 0.3) is 0 Å². The van der Waals surface area contributed by atoms with E-state index in [4.69, 9.17) is 0 Å². The summed E-state index contributed by atoms with van der Waals surface area (Å²) in [6.45, 7) is 4.87. The van der Waals surface area contributed by atoms with Crippen molar-refractivity contribution < 1.29 is 0 Å². The molecule has 0 aliphatic carbocycles. The van der Waals surface area contributed by atoms with Crippen LogP contribution in [0.4, 0.5) is 22.7 Å². The maximum Gasteiger partial charge on any atom is 0.0650 e. The second-order valence-electron chi connectivity index (χ2n) is 6.57. The minimum Gasteiger partial charge on any atom is -0.352 e. The monoisotopic (exact) mass is 307 g/mol. The zero-order valence-electron chi connectivity index (χ0n) is 13.7. The van der Waals surface area contributed by atoms with E-state index < -0.39 is 0 Å².